The Hall–Kier alpha value is -0.610. The van der Waals surface area contributed by atoms with Crippen LogP contribution in [0.15, 0.2) is 0 Å². The molecule has 1 rings (SSSR count). The average molecular weight is 227 g/mol. The van der Waals surface area contributed by atoms with Crippen molar-refractivity contribution in [3.05, 3.63) is 0 Å². The maximum atomic E-state index is 11.6. The first-order valence-electron chi connectivity index (χ1n) is 6.21. The highest BCUT2D eigenvalue weighted by Gasteiger charge is 2.21. The van der Waals surface area contributed by atoms with Crippen LogP contribution in [0.3, 0.4) is 0 Å². The minimum Gasteiger partial charge on any atom is -0.353 e. The lowest BCUT2D eigenvalue weighted by molar-refractivity contribution is -0.123. The first-order chi connectivity index (χ1) is 7.49. The van der Waals surface area contributed by atoms with E-state index in [2.05, 4.69) is 22.6 Å². The lowest BCUT2D eigenvalue weighted by Crippen LogP contribution is -2.46. The molecule has 1 fully saturated rings. The van der Waals surface area contributed by atoms with E-state index in [4.69, 9.17) is 0 Å². The van der Waals surface area contributed by atoms with Crippen LogP contribution < -0.4 is 10.6 Å². The van der Waals surface area contributed by atoms with Gasteiger partial charge in [-0.15, -0.1) is 0 Å². The summed E-state index contributed by atoms with van der Waals surface area (Å²) in [4.78, 5) is 14.0. The van der Waals surface area contributed by atoms with E-state index in [1.165, 1.54) is 13.0 Å². The molecule has 1 aliphatic rings. The van der Waals surface area contributed by atoms with Crippen LogP contribution in [0, 0.1) is 5.92 Å². The highest BCUT2D eigenvalue weighted by atomic mass is 16.2. The lowest BCUT2D eigenvalue weighted by atomic mass is 10.1. The maximum Gasteiger partial charge on any atom is 0.237 e. The van der Waals surface area contributed by atoms with Gasteiger partial charge in [-0.25, -0.2) is 0 Å². The Labute approximate surface area is 98.8 Å². The van der Waals surface area contributed by atoms with Crippen molar-refractivity contribution in [3.8, 4) is 0 Å². The molecule has 0 spiro atoms. The van der Waals surface area contributed by atoms with E-state index in [1.54, 1.807) is 0 Å². The summed E-state index contributed by atoms with van der Waals surface area (Å²) >= 11 is 0. The molecule has 0 aromatic heterocycles. The van der Waals surface area contributed by atoms with Crippen LogP contribution >= 0.6 is 0 Å². The van der Waals surface area contributed by atoms with Crippen LogP contribution in [0.5, 0.6) is 0 Å². The summed E-state index contributed by atoms with van der Waals surface area (Å²) in [5.41, 5.74) is 0. The first-order valence-corrected chi connectivity index (χ1v) is 6.21. The van der Waals surface area contributed by atoms with E-state index in [-0.39, 0.29) is 18.0 Å². The summed E-state index contributed by atoms with van der Waals surface area (Å²) < 4.78 is 0. The van der Waals surface area contributed by atoms with Crippen molar-refractivity contribution >= 4 is 5.91 Å². The van der Waals surface area contributed by atoms with Gasteiger partial charge in [0.1, 0.15) is 0 Å². The summed E-state index contributed by atoms with van der Waals surface area (Å²) in [6, 6.07) is 0.127. The summed E-state index contributed by atoms with van der Waals surface area (Å²) in [7, 11) is 2.15. The van der Waals surface area contributed by atoms with Crippen molar-refractivity contribution in [2.24, 2.45) is 5.92 Å². The van der Waals surface area contributed by atoms with Crippen LogP contribution in [0.25, 0.3) is 0 Å². The molecule has 2 unspecified atom stereocenters. The Balaban J connectivity index is 2.19. The summed E-state index contributed by atoms with van der Waals surface area (Å²) in [6.45, 7) is 9.16. The smallest absolute Gasteiger partial charge is 0.237 e. The van der Waals surface area contributed by atoms with Gasteiger partial charge in [0.15, 0.2) is 0 Å². The van der Waals surface area contributed by atoms with E-state index >= 15 is 0 Å². The van der Waals surface area contributed by atoms with Crippen molar-refractivity contribution in [3.63, 3.8) is 0 Å². The monoisotopic (exact) mass is 227 g/mol. The molecule has 2 atom stereocenters. The molecule has 1 aliphatic heterocycles. The molecule has 0 saturated carbocycles. The fourth-order valence-electron chi connectivity index (χ4n) is 2.04. The summed E-state index contributed by atoms with van der Waals surface area (Å²) in [6.07, 6.45) is 1.24. The van der Waals surface area contributed by atoms with Gasteiger partial charge in [-0.2, -0.15) is 0 Å². The topological polar surface area (TPSA) is 44.4 Å². The number of nitrogens with zero attached hydrogens (tertiary/aromatic N) is 1. The number of hydrogen-bond donors (Lipinski definition) is 2. The van der Waals surface area contributed by atoms with Crippen molar-refractivity contribution in [2.45, 2.75) is 39.3 Å². The molecule has 2 N–H and O–H groups in total. The SMILES string of the molecule is CC(C)NC(=O)C(C)NCC1CCN(C)C1. The molecule has 94 valence electrons. The molecule has 16 heavy (non-hydrogen) atoms. The molecule has 4 nitrogen and oxygen atoms in total. The van der Waals surface area contributed by atoms with E-state index in [0.717, 1.165) is 13.1 Å². The second-order valence-corrected chi connectivity index (χ2v) is 5.21. The van der Waals surface area contributed by atoms with Gasteiger partial charge in [0.05, 0.1) is 6.04 Å². The Morgan fingerprint density at radius 2 is 2.12 bits per heavy atom. The zero-order valence-corrected chi connectivity index (χ0v) is 10.9. The number of hydrogen-bond acceptors (Lipinski definition) is 3. The van der Waals surface area contributed by atoms with Crippen LogP contribution in [0.4, 0.5) is 0 Å². The number of carbonyl (C=O) groups is 1. The van der Waals surface area contributed by atoms with Crippen molar-refractivity contribution in [2.75, 3.05) is 26.7 Å². The van der Waals surface area contributed by atoms with E-state index < -0.39 is 0 Å². The van der Waals surface area contributed by atoms with Crippen LogP contribution in [-0.2, 0) is 4.79 Å². The third kappa shape index (κ3) is 4.49. The van der Waals surface area contributed by atoms with Gasteiger partial charge in [0.25, 0.3) is 0 Å². The Morgan fingerprint density at radius 3 is 2.62 bits per heavy atom. The molecule has 0 bridgehead atoms. The molecule has 1 amide bonds. The molecule has 0 radical (unpaired) electrons. The Bertz CT molecular complexity index is 230. The Morgan fingerprint density at radius 1 is 1.44 bits per heavy atom. The molecule has 1 saturated heterocycles. The van der Waals surface area contributed by atoms with Crippen LogP contribution in [0.1, 0.15) is 27.2 Å². The van der Waals surface area contributed by atoms with E-state index in [0.29, 0.717) is 5.92 Å². The quantitative estimate of drug-likeness (QED) is 0.716. The minimum absolute atomic E-state index is 0.0895. The van der Waals surface area contributed by atoms with Gasteiger partial charge < -0.3 is 15.5 Å². The second kappa shape index (κ2) is 6.21. The molecule has 1 heterocycles. The largest absolute Gasteiger partial charge is 0.353 e. The molecular formula is C12H25N3O. The highest BCUT2D eigenvalue weighted by molar-refractivity contribution is 5.81. The molecular weight excluding hydrogens is 202 g/mol. The minimum atomic E-state index is -0.0895. The number of likely N-dealkylation sites (tertiary alicyclic amines) is 1. The molecule has 4 heteroatoms. The fraction of sp³-hybridized carbons (Fsp3) is 0.917. The van der Waals surface area contributed by atoms with Gasteiger partial charge >= 0.3 is 0 Å². The molecule has 0 aromatic carbocycles. The van der Waals surface area contributed by atoms with Crippen molar-refractivity contribution in [1.82, 2.24) is 15.5 Å². The summed E-state index contributed by atoms with van der Waals surface area (Å²) in [5, 5.41) is 6.23. The fourth-order valence-corrected chi connectivity index (χ4v) is 2.04. The summed E-state index contributed by atoms with van der Waals surface area (Å²) in [5.74, 6) is 0.792. The third-order valence-electron chi connectivity index (χ3n) is 3.03. The molecule has 0 aliphatic carbocycles. The first kappa shape index (κ1) is 13.5. The zero-order valence-electron chi connectivity index (χ0n) is 10.9. The number of rotatable bonds is 5. The number of nitrogens with one attached hydrogen (secondary N) is 2. The highest BCUT2D eigenvalue weighted by Crippen LogP contribution is 2.12. The maximum absolute atomic E-state index is 11.6. The standard InChI is InChI=1S/C12H25N3O/c1-9(2)14-12(16)10(3)13-7-11-5-6-15(4)8-11/h9-11,13H,5-8H2,1-4H3,(H,14,16). The van der Waals surface area contributed by atoms with Gasteiger partial charge in [-0.3, -0.25) is 4.79 Å². The Kier molecular flexibility index (Phi) is 5.22. The number of amides is 1. The normalized spacial score (nSPS) is 23.7. The van der Waals surface area contributed by atoms with E-state index in [1.807, 2.05) is 20.8 Å². The van der Waals surface area contributed by atoms with Crippen molar-refractivity contribution in [1.29, 1.82) is 0 Å². The third-order valence-corrected chi connectivity index (χ3v) is 3.03. The van der Waals surface area contributed by atoms with Gasteiger partial charge in [0, 0.05) is 12.6 Å². The van der Waals surface area contributed by atoms with Crippen LogP contribution in [0.2, 0.25) is 0 Å². The van der Waals surface area contributed by atoms with E-state index in [9.17, 15) is 4.79 Å². The predicted molar refractivity (Wildman–Crippen MR) is 66.3 cm³/mol. The molecule has 0 aromatic rings. The second-order valence-electron chi connectivity index (χ2n) is 5.21. The van der Waals surface area contributed by atoms with Crippen molar-refractivity contribution < 1.29 is 4.79 Å². The predicted octanol–water partition coefficient (Wildman–Crippen LogP) is 0.441. The number of carbonyl (C=O) groups excluding carboxylic acids is 1. The van der Waals surface area contributed by atoms with Gasteiger partial charge in [-0.05, 0) is 53.2 Å². The zero-order chi connectivity index (χ0) is 12.1. The average Bonchev–Trinajstić information content (AvgIpc) is 2.59. The lowest BCUT2D eigenvalue weighted by Gasteiger charge is -2.18. The van der Waals surface area contributed by atoms with Gasteiger partial charge in [-0.1, -0.05) is 0 Å². The van der Waals surface area contributed by atoms with Gasteiger partial charge in [0.2, 0.25) is 5.91 Å². The van der Waals surface area contributed by atoms with Crippen LogP contribution in [-0.4, -0.2) is 49.6 Å².